The number of fused-ring (bicyclic) bond motifs is 3. The molecule has 3 atom stereocenters. The van der Waals surface area contributed by atoms with E-state index in [0.29, 0.717) is 22.4 Å². The molecule has 4 rings (SSSR count). The van der Waals surface area contributed by atoms with Crippen LogP contribution in [-0.4, -0.2) is 10.5 Å². The Morgan fingerprint density at radius 1 is 1.31 bits per heavy atom. The topological polar surface area (TPSA) is 17.1 Å². The van der Waals surface area contributed by atoms with Crippen molar-refractivity contribution in [3.63, 3.8) is 0 Å². The molecule has 1 aromatic carbocycles. The highest BCUT2D eigenvalue weighted by Gasteiger charge is 2.79. The van der Waals surface area contributed by atoms with Gasteiger partial charge in [-0.3, -0.25) is 4.79 Å². The molecule has 64 valence electrons. The van der Waals surface area contributed by atoms with Gasteiger partial charge in [0.1, 0.15) is 5.78 Å². The average Bonchev–Trinajstić information content (AvgIpc) is 2.49. The van der Waals surface area contributed by atoms with E-state index >= 15 is 0 Å². The van der Waals surface area contributed by atoms with Crippen molar-refractivity contribution >= 4 is 17.5 Å². The molecule has 1 aromatic rings. The fourth-order valence-electron chi connectivity index (χ4n) is 2.99. The fraction of sp³-hybridized carbons (Fsp3) is 0.364. The third-order valence-electron chi connectivity index (χ3n) is 3.63. The van der Waals surface area contributed by atoms with Crippen LogP contribution in [-0.2, 0) is 4.79 Å². The zero-order valence-corrected chi connectivity index (χ0v) is 7.80. The first kappa shape index (κ1) is 6.66. The molecule has 0 amide bonds. The molecule has 2 heteroatoms. The van der Waals surface area contributed by atoms with Crippen LogP contribution in [0.25, 0.3) is 0 Å². The Morgan fingerprint density at radius 3 is 3.00 bits per heavy atom. The second-order valence-electron chi connectivity index (χ2n) is 4.19. The number of ketones is 1. The Balaban J connectivity index is 1.91. The third kappa shape index (κ3) is 0.538. The first-order valence-electron chi connectivity index (χ1n) is 4.63. The van der Waals surface area contributed by atoms with Crippen molar-refractivity contribution in [2.24, 2.45) is 5.92 Å². The molecule has 0 radical (unpaired) electrons. The zero-order chi connectivity index (χ0) is 8.63. The van der Waals surface area contributed by atoms with E-state index in [1.807, 2.05) is 11.8 Å². The Hall–Kier alpha value is -0.760. The van der Waals surface area contributed by atoms with Gasteiger partial charge in [-0.2, -0.15) is 0 Å². The number of hydrogen-bond acceptors (Lipinski definition) is 2. The van der Waals surface area contributed by atoms with Gasteiger partial charge in [0, 0.05) is 27.9 Å². The highest BCUT2D eigenvalue weighted by atomic mass is 32.2. The van der Waals surface area contributed by atoms with Crippen molar-refractivity contribution in [1.82, 2.24) is 0 Å². The minimum absolute atomic E-state index is 0.348. The van der Waals surface area contributed by atoms with Crippen LogP contribution in [0.3, 0.4) is 0 Å². The molecule has 0 saturated heterocycles. The summed E-state index contributed by atoms with van der Waals surface area (Å²) in [7, 11) is 0. The van der Waals surface area contributed by atoms with Crippen LogP contribution < -0.4 is 0 Å². The van der Waals surface area contributed by atoms with Crippen LogP contribution in [0.1, 0.15) is 17.9 Å². The summed E-state index contributed by atoms with van der Waals surface area (Å²) >= 11 is 1.95. The molecule has 0 bridgehead atoms. The summed E-state index contributed by atoms with van der Waals surface area (Å²) in [6.07, 6.45) is 0.821. The standard InChI is InChI=1S/C11H8OS/c12-7-5-11-9(10(7)11)6-3-1-2-4-8(6)13-11/h1-4,9-10H,5H2. The van der Waals surface area contributed by atoms with E-state index < -0.39 is 0 Å². The number of carbonyl (C=O) groups excluding carboxylic acids is 1. The summed E-state index contributed by atoms with van der Waals surface area (Å²) in [5.74, 6) is 1.47. The normalized spacial score (nSPS) is 43.2. The number of carbonyl (C=O) groups is 1. The van der Waals surface area contributed by atoms with Gasteiger partial charge >= 0.3 is 0 Å². The molecule has 1 aliphatic heterocycles. The van der Waals surface area contributed by atoms with Crippen LogP contribution in [0.15, 0.2) is 29.2 Å². The van der Waals surface area contributed by atoms with E-state index in [2.05, 4.69) is 24.3 Å². The predicted molar refractivity (Wildman–Crippen MR) is 50.9 cm³/mol. The van der Waals surface area contributed by atoms with Gasteiger partial charge in [-0.05, 0) is 11.6 Å². The maximum atomic E-state index is 11.3. The van der Waals surface area contributed by atoms with Crippen LogP contribution in [0.5, 0.6) is 0 Å². The number of benzene rings is 1. The number of rotatable bonds is 0. The summed E-state index contributed by atoms with van der Waals surface area (Å²) < 4.78 is 0.348. The molecule has 2 saturated carbocycles. The van der Waals surface area contributed by atoms with Crippen molar-refractivity contribution in [3.8, 4) is 0 Å². The van der Waals surface area contributed by atoms with Crippen molar-refractivity contribution in [3.05, 3.63) is 29.8 Å². The first-order chi connectivity index (χ1) is 6.33. The Morgan fingerprint density at radius 2 is 2.15 bits per heavy atom. The molecule has 3 unspecified atom stereocenters. The SMILES string of the molecule is O=C1CC23Sc4ccccc4C2C13. The average molecular weight is 188 g/mol. The van der Waals surface area contributed by atoms with Crippen molar-refractivity contribution < 1.29 is 4.79 Å². The van der Waals surface area contributed by atoms with Gasteiger partial charge in [0.15, 0.2) is 0 Å². The molecule has 1 nitrogen and oxygen atoms in total. The molecule has 1 spiro atoms. The predicted octanol–water partition coefficient (Wildman–Crippen LogP) is 2.22. The maximum absolute atomic E-state index is 11.3. The van der Waals surface area contributed by atoms with Gasteiger partial charge in [-0.15, -0.1) is 11.8 Å². The lowest BCUT2D eigenvalue weighted by Gasteiger charge is -2.21. The van der Waals surface area contributed by atoms with Crippen LogP contribution in [0.2, 0.25) is 0 Å². The molecule has 2 aliphatic carbocycles. The minimum atomic E-state index is 0.348. The highest BCUT2D eigenvalue weighted by molar-refractivity contribution is 8.01. The maximum Gasteiger partial charge on any atom is 0.139 e. The zero-order valence-electron chi connectivity index (χ0n) is 6.99. The van der Waals surface area contributed by atoms with E-state index in [9.17, 15) is 4.79 Å². The van der Waals surface area contributed by atoms with Crippen molar-refractivity contribution in [2.45, 2.75) is 22.0 Å². The quantitative estimate of drug-likeness (QED) is 0.621. The monoisotopic (exact) mass is 188 g/mol. The molecule has 2 fully saturated rings. The van der Waals surface area contributed by atoms with E-state index in [0.717, 1.165) is 6.42 Å². The minimum Gasteiger partial charge on any atom is -0.299 e. The molecular formula is C11H8OS. The Labute approximate surface area is 80.5 Å². The number of Topliss-reactive ketones (excluding diaryl/α,β-unsaturated/α-hetero) is 1. The van der Waals surface area contributed by atoms with Gasteiger partial charge in [0.05, 0.1) is 0 Å². The van der Waals surface area contributed by atoms with E-state index in [4.69, 9.17) is 0 Å². The smallest absolute Gasteiger partial charge is 0.139 e. The van der Waals surface area contributed by atoms with Crippen LogP contribution >= 0.6 is 11.8 Å². The van der Waals surface area contributed by atoms with E-state index in [-0.39, 0.29) is 0 Å². The van der Waals surface area contributed by atoms with Crippen LogP contribution in [0.4, 0.5) is 0 Å². The molecular weight excluding hydrogens is 180 g/mol. The second kappa shape index (κ2) is 1.71. The van der Waals surface area contributed by atoms with Gasteiger partial charge < -0.3 is 0 Å². The Bertz CT molecular complexity index is 439. The van der Waals surface area contributed by atoms with Crippen LogP contribution in [0, 0.1) is 5.92 Å². The molecule has 3 aliphatic rings. The number of hydrogen-bond donors (Lipinski definition) is 0. The molecule has 1 heterocycles. The lowest BCUT2D eigenvalue weighted by atomic mass is 9.98. The highest BCUT2D eigenvalue weighted by Crippen LogP contribution is 2.80. The largest absolute Gasteiger partial charge is 0.299 e. The van der Waals surface area contributed by atoms with Gasteiger partial charge in [-0.1, -0.05) is 18.2 Å². The lowest BCUT2D eigenvalue weighted by molar-refractivity contribution is -0.124. The summed E-state index contributed by atoms with van der Waals surface area (Å²) in [6.45, 7) is 0. The summed E-state index contributed by atoms with van der Waals surface area (Å²) in [5, 5.41) is 0. The second-order valence-corrected chi connectivity index (χ2v) is 5.60. The number of thioether (sulfide) groups is 1. The summed E-state index contributed by atoms with van der Waals surface area (Å²) in [4.78, 5) is 12.7. The van der Waals surface area contributed by atoms with Gasteiger partial charge in [0.25, 0.3) is 0 Å². The summed E-state index contributed by atoms with van der Waals surface area (Å²) in [5.41, 5.74) is 1.43. The van der Waals surface area contributed by atoms with Crippen molar-refractivity contribution in [1.29, 1.82) is 0 Å². The third-order valence-corrected chi connectivity index (χ3v) is 5.25. The first-order valence-corrected chi connectivity index (χ1v) is 5.45. The molecule has 0 N–H and O–H groups in total. The lowest BCUT2D eigenvalue weighted by Crippen LogP contribution is -2.28. The van der Waals surface area contributed by atoms with Gasteiger partial charge in [-0.25, -0.2) is 0 Å². The van der Waals surface area contributed by atoms with E-state index in [1.54, 1.807) is 0 Å². The molecule has 0 aromatic heterocycles. The summed E-state index contributed by atoms with van der Waals surface area (Å²) in [6, 6.07) is 8.54. The Kier molecular flexibility index (Phi) is 0.877. The van der Waals surface area contributed by atoms with E-state index in [1.165, 1.54) is 10.5 Å². The molecule has 13 heavy (non-hydrogen) atoms. The van der Waals surface area contributed by atoms with Gasteiger partial charge in [0.2, 0.25) is 0 Å². The fourth-order valence-corrected chi connectivity index (χ4v) is 4.79. The van der Waals surface area contributed by atoms with Crippen molar-refractivity contribution in [2.75, 3.05) is 0 Å².